The molecule has 3 amide bonds. The van der Waals surface area contributed by atoms with Crippen molar-refractivity contribution in [3.05, 3.63) is 29.3 Å². The Hall–Kier alpha value is -2.70. The molecule has 0 saturated carbocycles. The number of benzene rings is 1. The topological polar surface area (TPSA) is 110 Å². The first-order valence-corrected chi connectivity index (χ1v) is 7.38. The van der Waals surface area contributed by atoms with Gasteiger partial charge < -0.3 is 15.8 Å². The molecule has 0 spiro atoms. The molecule has 23 heavy (non-hydrogen) atoms. The van der Waals surface area contributed by atoms with Gasteiger partial charge in [-0.25, -0.2) is 0 Å². The number of imide groups is 1. The third kappa shape index (κ3) is 3.23. The van der Waals surface area contributed by atoms with Crippen LogP contribution in [0.2, 0.25) is 0 Å². The van der Waals surface area contributed by atoms with E-state index in [1.807, 2.05) is 13.8 Å². The van der Waals surface area contributed by atoms with Crippen LogP contribution in [-0.2, 0) is 9.59 Å². The van der Waals surface area contributed by atoms with E-state index in [1.165, 1.54) is 0 Å². The monoisotopic (exact) mass is 317 g/mol. The van der Waals surface area contributed by atoms with E-state index in [4.69, 9.17) is 5.73 Å². The van der Waals surface area contributed by atoms with E-state index >= 15 is 0 Å². The highest BCUT2D eigenvalue weighted by atomic mass is 16.2. The Morgan fingerprint density at radius 3 is 2.48 bits per heavy atom. The molecule has 1 atom stereocenters. The van der Waals surface area contributed by atoms with Gasteiger partial charge in [0.2, 0.25) is 5.91 Å². The lowest BCUT2D eigenvalue weighted by molar-refractivity contribution is -0.122. The highest BCUT2D eigenvalue weighted by Gasteiger charge is 2.42. The van der Waals surface area contributed by atoms with Crippen LogP contribution in [0, 0.1) is 0 Å². The predicted octanol–water partition coefficient (Wildman–Crippen LogP) is 0.936. The van der Waals surface area contributed by atoms with E-state index in [2.05, 4.69) is 5.32 Å². The second-order valence-electron chi connectivity index (χ2n) is 5.70. The highest BCUT2D eigenvalue weighted by molar-refractivity contribution is 6.23. The molecule has 2 rings (SSSR count). The molecule has 7 nitrogen and oxygen atoms in total. The summed E-state index contributed by atoms with van der Waals surface area (Å²) in [6.07, 6.45) is 0.696. The standard InChI is InChI=1S/C16H19N3O4/c1-9(2)18-10-5-6-11-12(8-10)16(23)19(15(11)22)13(14(17)21)4-3-7-20/h5-9,13,18H,3-4H2,1-2H3,(H2,17,21). The van der Waals surface area contributed by atoms with Gasteiger partial charge in [-0.3, -0.25) is 19.3 Å². The van der Waals surface area contributed by atoms with Gasteiger partial charge in [0.1, 0.15) is 12.3 Å². The normalized spacial score (nSPS) is 14.8. The van der Waals surface area contributed by atoms with E-state index < -0.39 is 23.8 Å². The molecule has 0 fully saturated rings. The molecule has 1 aromatic carbocycles. The quantitative estimate of drug-likeness (QED) is 0.574. The largest absolute Gasteiger partial charge is 0.383 e. The lowest BCUT2D eigenvalue weighted by atomic mass is 10.1. The Labute approximate surface area is 133 Å². The molecule has 1 aliphatic rings. The van der Waals surface area contributed by atoms with Crippen molar-refractivity contribution in [3.63, 3.8) is 0 Å². The van der Waals surface area contributed by atoms with Crippen molar-refractivity contribution in [1.82, 2.24) is 4.90 Å². The molecule has 0 bridgehead atoms. The zero-order valence-corrected chi connectivity index (χ0v) is 13.0. The number of nitrogens with zero attached hydrogens (tertiary/aromatic N) is 1. The maximum atomic E-state index is 12.5. The van der Waals surface area contributed by atoms with Crippen molar-refractivity contribution in [3.8, 4) is 0 Å². The first-order chi connectivity index (χ1) is 10.9. The van der Waals surface area contributed by atoms with Gasteiger partial charge in [-0.1, -0.05) is 0 Å². The van der Waals surface area contributed by atoms with Crippen molar-refractivity contribution in [2.45, 2.75) is 38.8 Å². The molecule has 122 valence electrons. The van der Waals surface area contributed by atoms with Crippen LogP contribution in [0.5, 0.6) is 0 Å². The molecule has 3 N–H and O–H groups in total. The molecule has 0 aliphatic carbocycles. The molecule has 0 radical (unpaired) electrons. The average Bonchev–Trinajstić information content (AvgIpc) is 2.71. The molecular weight excluding hydrogens is 298 g/mol. The van der Waals surface area contributed by atoms with E-state index in [1.54, 1.807) is 18.2 Å². The number of anilines is 1. The predicted molar refractivity (Wildman–Crippen MR) is 84.0 cm³/mol. The summed E-state index contributed by atoms with van der Waals surface area (Å²) in [6.45, 7) is 3.91. The van der Waals surface area contributed by atoms with Gasteiger partial charge in [-0.05, 0) is 38.5 Å². The number of nitrogens with two attached hydrogens (primary N) is 1. The minimum Gasteiger partial charge on any atom is -0.383 e. The van der Waals surface area contributed by atoms with Crippen LogP contribution >= 0.6 is 0 Å². The summed E-state index contributed by atoms with van der Waals surface area (Å²) in [7, 11) is 0. The van der Waals surface area contributed by atoms with Gasteiger partial charge >= 0.3 is 0 Å². The van der Waals surface area contributed by atoms with Gasteiger partial charge in [0.15, 0.2) is 0 Å². The maximum Gasteiger partial charge on any atom is 0.262 e. The molecule has 7 heteroatoms. The van der Waals surface area contributed by atoms with E-state index in [9.17, 15) is 19.2 Å². The van der Waals surface area contributed by atoms with Gasteiger partial charge in [-0.15, -0.1) is 0 Å². The lowest BCUT2D eigenvalue weighted by Crippen LogP contribution is -2.47. The number of fused-ring (bicyclic) bond motifs is 1. The van der Waals surface area contributed by atoms with Gasteiger partial charge in [0.25, 0.3) is 11.8 Å². The fraction of sp³-hybridized carbons (Fsp3) is 0.375. The molecule has 1 unspecified atom stereocenters. The molecular formula is C16H19N3O4. The summed E-state index contributed by atoms with van der Waals surface area (Å²) in [5.41, 5.74) is 6.48. The SMILES string of the molecule is CC(C)Nc1ccc2c(c1)C(=O)N(C(CCC=O)C(N)=O)C2=O. The minimum absolute atomic E-state index is 0.0292. The van der Waals surface area contributed by atoms with Crippen molar-refractivity contribution >= 4 is 29.7 Å². The second-order valence-corrected chi connectivity index (χ2v) is 5.70. The van der Waals surface area contributed by atoms with Gasteiger partial charge in [0.05, 0.1) is 11.1 Å². The summed E-state index contributed by atoms with van der Waals surface area (Å²) in [5.74, 6) is -1.93. The summed E-state index contributed by atoms with van der Waals surface area (Å²) in [4.78, 5) is 48.0. The number of primary amides is 1. The number of carbonyl (C=O) groups excluding carboxylic acids is 4. The fourth-order valence-corrected chi connectivity index (χ4v) is 2.59. The first kappa shape index (κ1) is 16.7. The zero-order valence-electron chi connectivity index (χ0n) is 13.0. The summed E-state index contributed by atoms with van der Waals surface area (Å²) in [6, 6.07) is 3.90. The van der Waals surface area contributed by atoms with Gasteiger partial charge in [-0.2, -0.15) is 0 Å². The minimum atomic E-state index is -1.12. The summed E-state index contributed by atoms with van der Waals surface area (Å²) < 4.78 is 0. The fourth-order valence-electron chi connectivity index (χ4n) is 2.59. The Kier molecular flexibility index (Phi) is 4.78. The number of carbonyl (C=O) groups is 4. The average molecular weight is 317 g/mol. The smallest absolute Gasteiger partial charge is 0.262 e. The Bertz CT molecular complexity index is 669. The molecule has 1 aliphatic heterocycles. The molecule has 0 saturated heterocycles. The van der Waals surface area contributed by atoms with Crippen molar-refractivity contribution in [2.75, 3.05) is 5.32 Å². The number of hydrogen-bond acceptors (Lipinski definition) is 5. The van der Waals surface area contributed by atoms with Gasteiger partial charge in [0, 0.05) is 18.2 Å². The summed E-state index contributed by atoms with van der Waals surface area (Å²) in [5, 5.41) is 3.15. The maximum absolute atomic E-state index is 12.5. The van der Waals surface area contributed by atoms with Crippen LogP contribution in [0.3, 0.4) is 0 Å². The lowest BCUT2D eigenvalue weighted by Gasteiger charge is -2.22. The highest BCUT2D eigenvalue weighted by Crippen LogP contribution is 2.28. The van der Waals surface area contributed by atoms with Crippen LogP contribution in [0.25, 0.3) is 0 Å². The van der Waals surface area contributed by atoms with E-state index in [-0.39, 0.29) is 30.0 Å². The summed E-state index contributed by atoms with van der Waals surface area (Å²) >= 11 is 0. The van der Waals surface area contributed by atoms with Crippen molar-refractivity contribution < 1.29 is 19.2 Å². The van der Waals surface area contributed by atoms with E-state index in [0.29, 0.717) is 12.0 Å². The Balaban J connectivity index is 2.35. The van der Waals surface area contributed by atoms with E-state index in [0.717, 1.165) is 4.90 Å². The number of amides is 3. The number of nitrogens with one attached hydrogen (secondary N) is 1. The molecule has 1 heterocycles. The molecule has 1 aromatic rings. The number of rotatable bonds is 7. The Morgan fingerprint density at radius 2 is 1.91 bits per heavy atom. The third-order valence-electron chi connectivity index (χ3n) is 3.57. The van der Waals surface area contributed by atoms with Crippen LogP contribution < -0.4 is 11.1 Å². The van der Waals surface area contributed by atoms with Crippen LogP contribution in [-0.4, -0.2) is 41.0 Å². The second kappa shape index (κ2) is 6.60. The zero-order chi connectivity index (χ0) is 17.1. The van der Waals surface area contributed by atoms with Crippen LogP contribution in [0.4, 0.5) is 5.69 Å². The van der Waals surface area contributed by atoms with Crippen molar-refractivity contribution in [2.24, 2.45) is 5.73 Å². The Morgan fingerprint density at radius 1 is 1.26 bits per heavy atom. The van der Waals surface area contributed by atoms with Crippen molar-refractivity contribution in [1.29, 1.82) is 0 Å². The number of hydrogen-bond donors (Lipinski definition) is 2. The number of aldehydes is 1. The third-order valence-corrected chi connectivity index (χ3v) is 3.57. The first-order valence-electron chi connectivity index (χ1n) is 7.38. The van der Waals surface area contributed by atoms with Crippen LogP contribution in [0.1, 0.15) is 47.4 Å². The molecule has 0 aromatic heterocycles. The van der Waals surface area contributed by atoms with Crippen LogP contribution in [0.15, 0.2) is 18.2 Å².